The van der Waals surface area contributed by atoms with E-state index in [0.717, 1.165) is 18.1 Å². The van der Waals surface area contributed by atoms with Crippen molar-refractivity contribution < 1.29 is 22.8 Å². The maximum atomic E-state index is 16.5. The summed E-state index contributed by atoms with van der Waals surface area (Å²) in [6, 6.07) is 30.7. The van der Waals surface area contributed by atoms with Gasteiger partial charge in [-0.3, -0.25) is 14.5 Å². The summed E-state index contributed by atoms with van der Waals surface area (Å²) >= 11 is 0. The second kappa shape index (κ2) is 14.4. The summed E-state index contributed by atoms with van der Waals surface area (Å²) in [5.41, 5.74) is 1.88. The lowest BCUT2D eigenvalue weighted by Gasteiger charge is -2.35. The molecule has 1 N–H and O–H groups in total. The van der Waals surface area contributed by atoms with E-state index in [9.17, 15) is 9.59 Å². The molecule has 0 aliphatic carbocycles. The molecule has 4 nitrogen and oxygen atoms in total. The quantitative estimate of drug-likeness (QED) is 0.194. The monoisotopic (exact) mass is 558 g/mol. The summed E-state index contributed by atoms with van der Waals surface area (Å²) in [5.74, 6) is -1.85. The zero-order valence-corrected chi connectivity index (χ0v) is 22.7. The van der Waals surface area contributed by atoms with E-state index in [2.05, 4.69) is 5.32 Å². The first kappa shape index (κ1) is 29.7. The van der Waals surface area contributed by atoms with Crippen molar-refractivity contribution >= 4 is 11.7 Å². The van der Waals surface area contributed by atoms with E-state index >= 15 is 13.2 Å². The van der Waals surface area contributed by atoms with E-state index < -0.39 is 42.3 Å². The molecule has 0 saturated carbocycles. The van der Waals surface area contributed by atoms with Crippen LogP contribution in [0, 0.1) is 0 Å². The number of benzene rings is 4. The number of Topliss-reactive ketones (excluding diaryl/α,β-unsaturated/α-hetero) is 1. The van der Waals surface area contributed by atoms with Crippen LogP contribution >= 0.6 is 0 Å². The molecule has 5 atom stereocenters. The summed E-state index contributed by atoms with van der Waals surface area (Å²) in [6.45, 7) is 1.39. The number of alkyl halides is 3. The molecule has 41 heavy (non-hydrogen) atoms. The van der Waals surface area contributed by atoms with Gasteiger partial charge in [0.05, 0.1) is 0 Å². The lowest BCUT2D eigenvalue weighted by atomic mass is 9.90. The van der Waals surface area contributed by atoms with Gasteiger partial charge in [-0.2, -0.15) is 0 Å². The molecule has 0 aliphatic rings. The molecule has 0 aliphatic heterocycles. The number of carbonyl (C=O) groups excluding carboxylic acids is 2. The van der Waals surface area contributed by atoms with Crippen molar-refractivity contribution in [2.45, 2.75) is 50.6 Å². The third-order valence-electron chi connectivity index (χ3n) is 6.93. The molecule has 4 rings (SSSR count). The first-order valence-electron chi connectivity index (χ1n) is 13.5. The Balaban J connectivity index is 1.76. The van der Waals surface area contributed by atoms with Crippen LogP contribution in [-0.4, -0.2) is 34.8 Å². The van der Waals surface area contributed by atoms with Crippen molar-refractivity contribution in [1.29, 1.82) is 0 Å². The average Bonchev–Trinajstić information content (AvgIpc) is 3.01. The molecule has 212 valence electrons. The number of ketones is 1. The highest BCUT2D eigenvalue weighted by Gasteiger charge is 2.44. The van der Waals surface area contributed by atoms with Gasteiger partial charge in [0, 0.05) is 20.0 Å². The highest BCUT2D eigenvalue weighted by molar-refractivity contribution is 5.90. The summed E-state index contributed by atoms with van der Waals surface area (Å²) in [6.07, 6.45) is -6.50. The average molecular weight is 559 g/mol. The molecule has 0 radical (unpaired) electrons. The zero-order chi connectivity index (χ0) is 29.2. The van der Waals surface area contributed by atoms with Crippen molar-refractivity contribution in [3.8, 4) is 0 Å². The Morgan fingerprint density at radius 3 is 1.44 bits per heavy atom. The van der Waals surface area contributed by atoms with E-state index in [-0.39, 0.29) is 24.2 Å². The van der Waals surface area contributed by atoms with Crippen molar-refractivity contribution in [2.24, 2.45) is 0 Å². The summed E-state index contributed by atoms with van der Waals surface area (Å²) in [4.78, 5) is 27.7. The van der Waals surface area contributed by atoms with Gasteiger partial charge in [0.2, 0.25) is 5.91 Å². The maximum Gasteiger partial charge on any atom is 0.217 e. The number of halogens is 3. The molecule has 7 heteroatoms. The Kier molecular flexibility index (Phi) is 10.5. The van der Waals surface area contributed by atoms with Crippen molar-refractivity contribution in [2.75, 3.05) is 0 Å². The minimum Gasteiger partial charge on any atom is -0.347 e. The minimum atomic E-state index is -2.53. The second-order valence-electron chi connectivity index (χ2n) is 9.98. The summed E-state index contributed by atoms with van der Waals surface area (Å²) in [5, 5.41) is 2.28. The molecule has 0 spiro atoms. The highest BCUT2D eigenvalue weighted by atomic mass is 19.1. The van der Waals surface area contributed by atoms with Gasteiger partial charge in [-0.05, 0) is 22.3 Å². The molecule has 0 fully saturated rings. The van der Waals surface area contributed by atoms with Gasteiger partial charge in [-0.15, -0.1) is 0 Å². The van der Waals surface area contributed by atoms with E-state index in [1.807, 2.05) is 60.7 Å². The first-order chi connectivity index (χ1) is 19.8. The fourth-order valence-corrected chi connectivity index (χ4v) is 4.93. The molecule has 0 saturated heterocycles. The fraction of sp³-hybridized carbons (Fsp3) is 0.235. The van der Waals surface area contributed by atoms with Gasteiger partial charge in [-0.25, -0.2) is 13.2 Å². The number of hydrogen-bond acceptors (Lipinski definition) is 3. The van der Waals surface area contributed by atoms with Crippen LogP contribution in [0.3, 0.4) is 0 Å². The third-order valence-corrected chi connectivity index (χ3v) is 6.93. The Hall–Kier alpha value is -4.23. The van der Waals surface area contributed by atoms with E-state index in [0.29, 0.717) is 0 Å². The molecule has 0 heterocycles. The molecular formula is C34H33F3N2O2. The largest absolute Gasteiger partial charge is 0.347 e. The smallest absolute Gasteiger partial charge is 0.217 e. The molecule has 4 aromatic rings. The topological polar surface area (TPSA) is 49.4 Å². The van der Waals surface area contributed by atoms with Crippen LogP contribution in [0.5, 0.6) is 0 Å². The van der Waals surface area contributed by atoms with Crippen molar-refractivity contribution in [3.63, 3.8) is 0 Å². The highest BCUT2D eigenvalue weighted by Crippen LogP contribution is 2.33. The Morgan fingerprint density at radius 1 is 0.634 bits per heavy atom. The van der Waals surface area contributed by atoms with Gasteiger partial charge in [-0.1, -0.05) is 121 Å². The Morgan fingerprint density at radius 2 is 1.02 bits per heavy atom. The van der Waals surface area contributed by atoms with Crippen LogP contribution < -0.4 is 5.32 Å². The maximum absolute atomic E-state index is 16.5. The second-order valence-corrected chi connectivity index (χ2v) is 9.98. The number of hydrogen-bond donors (Lipinski definition) is 1. The van der Waals surface area contributed by atoms with E-state index in [1.54, 1.807) is 41.3 Å². The van der Waals surface area contributed by atoms with Gasteiger partial charge in [0.25, 0.3) is 0 Å². The normalized spacial score (nSPS) is 15.0. The van der Waals surface area contributed by atoms with E-state index in [4.69, 9.17) is 0 Å². The van der Waals surface area contributed by atoms with Crippen molar-refractivity contribution in [3.05, 3.63) is 144 Å². The van der Waals surface area contributed by atoms with Gasteiger partial charge < -0.3 is 5.32 Å². The standard InChI is InChI=1S/C34H33F3N2O2/c1-24(40)38-32(29(35)27-18-10-4-11-19-27)31(37)34(41)33(30(36)28-20-12-5-13-21-28)39(22-25-14-6-2-7-15-25)23-26-16-8-3-9-17-26/h2-21,29-33H,22-23H2,1H3,(H,38,40)/t29?,30?,31?,32-,33+/m0/s1. The van der Waals surface area contributed by atoms with Crippen LogP contribution in [0.25, 0.3) is 0 Å². The molecule has 0 bridgehead atoms. The van der Waals surface area contributed by atoms with Crippen LogP contribution in [0.4, 0.5) is 13.2 Å². The van der Waals surface area contributed by atoms with Crippen molar-refractivity contribution in [1.82, 2.24) is 10.2 Å². The summed E-state index contributed by atoms with van der Waals surface area (Å²) < 4.78 is 48.6. The number of amides is 1. The zero-order valence-electron chi connectivity index (χ0n) is 22.7. The number of rotatable bonds is 13. The molecule has 0 aromatic heterocycles. The molecular weight excluding hydrogens is 525 g/mol. The SMILES string of the molecule is CC(=O)N[C@H](C(F)C(=O)[C@@H](C(F)c1ccccc1)N(Cc1ccccc1)Cc1ccccc1)C(F)c1ccccc1. The van der Waals surface area contributed by atoms with Gasteiger partial charge in [0.15, 0.2) is 12.0 Å². The fourth-order valence-electron chi connectivity index (χ4n) is 4.93. The lowest BCUT2D eigenvalue weighted by Crippen LogP contribution is -2.54. The first-order valence-corrected chi connectivity index (χ1v) is 13.5. The molecule has 1 amide bonds. The van der Waals surface area contributed by atoms with Crippen LogP contribution in [0.2, 0.25) is 0 Å². The van der Waals surface area contributed by atoms with E-state index in [1.165, 1.54) is 24.3 Å². The Bertz CT molecular complexity index is 1330. The van der Waals surface area contributed by atoms with Crippen LogP contribution in [-0.2, 0) is 22.7 Å². The summed E-state index contributed by atoms with van der Waals surface area (Å²) in [7, 11) is 0. The van der Waals surface area contributed by atoms with Gasteiger partial charge in [0.1, 0.15) is 24.4 Å². The number of carbonyl (C=O) groups is 2. The molecule has 3 unspecified atom stereocenters. The molecule has 4 aromatic carbocycles. The van der Waals surface area contributed by atoms with Gasteiger partial charge >= 0.3 is 0 Å². The third kappa shape index (κ3) is 7.92. The Labute approximate surface area is 238 Å². The number of nitrogens with zero attached hydrogens (tertiary/aromatic N) is 1. The minimum absolute atomic E-state index is 0.100. The van der Waals surface area contributed by atoms with Crippen LogP contribution in [0.1, 0.15) is 41.5 Å². The van der Waals surface area contributed by atoms with Crippen LogP contribution in [0.15, 0.2) is 121 Å². The predicted molar refractivity (Wildman–Crippen MR) is 154 cm³/mol. The predicted octanol–water partition coefficient (Wildman–Crippen LogP) is 6.89. The number of nitrogens with one attached hydrogen (secondary N) is 1. The lowest BCUT2D eigenvalue weighted by molar-refractivity contribution is -0.135.